The summed E-state index contributed by atoms with van der Waals surface area (Å²) < 4.78 is 6.37. The van der Waals surface area contributed by atoms with Crippen LogP contribution in [0.1, 0.15) is 59.1 Å². The van der Waals surface area contributed by atoms with Crippen LogP contribution in [-0.2, 0) is 23.9 Å². The summed E-state index contributed by atoms with van der Waals surface area (Å²) in [6.07, 6.45) is 0. The quantitative estimate of drug-likeness (QED) is 0.294. The minimum Gasteiger partial charge on any atom is -0.454 e. The van der Waals surface area contributed by atoms with Gasteiger partial charge in [0.05, 0.1) is 11.8 Å². The van der Waals surface area contributed by atoms with Crippen LogP contribution in [0.25, 0.3) is 0 Å². The van der Waals surface area contributed by atoms with Gasteiger partial charge in [-0.1, -0.05) is 78.3 Å². The fraction of sp³-hybridized carbons (Fsp3) is 0.333. The Kier molecular flexibility index (Phi) is 6.85. The predicted octanol–water partition coefficient (Wildman–Crippen LogP) is 5.46. The van der Waals surface area contributed by atoms with Crippen LogP contribution in [-0.4, -0.2) is 41.2 Å². The van der Waals surface area contributed by atoms with E-state index in [0.717, 1.165) is 42.8 Å². The van der Waals surface area contributed by atoms with E-state index in [-0.39, 0.29) is 23.7 Å². The van der Waals surface area contributed by atoms with E-state index in [0.29, 0.717) is 5.69 Å². The van der Waals surface area contributed by atoms with E-state index in [2.05, 4.69) is 21.2 Å². The predicted molar refractivity (Wildman–Crippen MR) is 157 cm³/mol. The number of carbonyl (C=O) groups excluding carboxylic acids is 4. The number of ether oxygens (including phenoxy) is 1. The molecule has 4 aliphatic rings. The van der Waals surface area contributed by atoms with Crippen molar-refractivity contribution in [1.29, 1.82) is 0 Å². The lowest BCUT2D eigenvalue weighted by molar-refractivity contribution is -0.162. The Balaban J connectivity index is 1.25. The molecule has 210 valence electrons. The fourth-order valence-corrected chi connectivity index (χ4v) is 7.41. The van der Waals surface area contributed by atoms with Crippen molar-refractivity contribution in [2.24, 2.45) is 17.8 Å². The number of nitrogens with one attached hydrogen (secondary N) is 1. The molecule has 1 heterocycles. The van der Waals surface area contributed by atoms with Crippen LogP contribution in [0.5, 0.6) is 0 Å². The fourth-order valence-electron chi connectivity index (χ4n) is 6.98. The third kappa shape index (κ3) is 4.22. The molecular weight excluding hydrogens is 584 g/mol. The number of hydrogen-bond acceptors (Lipinski definition) is 5. The zero-order valence-electron chi connectivity index (χ0n) is 23.3. The van der Waals surface area contributed by atoms with Gasteiger partial charge in [0.1, 0.15) is 6.04 Å². The number of halogens is 1. The first-order valence-corrected chi connectivity index (χ1v) is 14.7. The summed E-state index contributed by atoms with van der Waals surface area (Å²) in [5.74, 6) is -4.05. The normalized spacial score (nSPS) is 22.7. The van der Waals surface area contributed by atoms with Crippen LogP contribution in [0.4, 0.5) is 5.69 Å². The highest BCUT2D eigenvalue weighted by atomic mass is 79.9. The Hall–Kier alpha value is -3.78. The van der Waals surface area contributed by atoms with Gasteiger partial charge in [0.25, 0.3) is 5.91 Å². The first-order valence-electron chi connectivity index (χ1n) is 13.9. The molecule has 2 bridgehead atoms. The van der Waals surface area contributed by atoms with Gasteiger partial charge in [0.2, 0.25) is 11.8 Å². The molecule has 0 saturated carbocycles. The van der Waals surface area contributed by atoms with Gasteiger partial charge < -0.3 is 10.1 Å². The van der Waals surface area contributed by atoms with E-state index in [1.165, 1.54) is 0 Å². The second kappa shape index (κ2) is 10.2. The molecule has 0 aromatic heterocycles. The van der Waals surface area contributed by atoms with E-state index >= 15 is 0 Å². The molecule has 3 aliphatic carbocycles. The lowest BCUT2D eigenvalue weighted by Crippen LogP contribution is -2.49. The standard InChI is InChI=1S/C33H31BrN2O5/c1-16(2)30(33(40)41-15-25(37)35-24-14-13-23(34)17(3)18(24)4)36-31(38)28-26-19-9-5-6-10-20(19)27(29(28)32(36)39)22-12-8-7-11-21(22)26/h5-14,16,26-30H,15H2,1-4H3,(H,35,37)/t26?,27?,28-,29-,30+/m1/s1. The summed E-state index contributed by atoms with van der Waals surface area (Å²) in [4.78, 5) is 55.5. The largest absolute Gasteiger partial charge is 0.454 e. The van der Waals surface area contributed by atoms with Crippen molar-refractivity contribution < 1.29 is 23.9 Å². The maximum Gasteiger partial charge on any atom is 0.330 e. The molecule has 7 nitrogen and oxygen atoms in total. The van der Waals surface area contributed by atoms with Gasteiger partial charge in [-0.15, -0.1) is 0 Å². The van der Waals surface area contributed by atoms with E-state index in [1.807, 2.05) is 68.4 Å². The number of esters is 1. The number of nitrogens with zero attached hydrogens (tertiary/aromatic N) is 1. The lowest BCUT2D eigenvalue weighted by Gasteiger charge is -2.45. The van der Waals surface area contributed by atoms with Crippen molar-refractivity contribution in [1.82, 2.24) is 4.90 Å². The van der Waals surface area contributed by atoms with Gasteiger partial charge in [-0.05, 0) is 65.3 Å². The second-order valence-corrected chi connectivity index (χ2v) is 12.4. The topological polar surface area (TPSA) is 92.8 Å². The first-order chi connectivity index (χ1) is 19.6. The molecule has 8 heteroatoms. The average molecular weight is 616 g/mol. The van der Waals surface area contributed by atoms with Crippen molar-refractivity contribution in [2.75, 3.05) is 11.9 Å². The first kappa shape index (κ1) is 27.4. The van der Waals surface area contributed by atoms with Crippen molar-refractivity contribution in [3.63, 3.8) is 0 Å². The van der Waals surface area contributed by atoms with Crippen LogP contribution >= 0.6 is 15.9 Å². The molecule has 3 aromatic rings. The number of imide groups is 1. The van der Waals surface area contributed by atoms with Crippen molar-refractivity contribution >= 4 is 45.3 Å². The zero-order chi connectivity index (χ0) is 29.2. The van der Waals surface area contributed by atoms with Crippen LogP contribution in [0, 0.1) is 31.6 Å². The van der Waals surface area contributed by atoms with Crippen LogP contribution in [0.15, 0.2) is 65.1 Å². The summed E-state index contributed by atoms with van der Waals surface area (Å²) in [7, 11) is 0. The molecule has 3 atom stereocenters. The van der Waals surface area contributed by atoms with Gasteiger partial charge in [-0.2, -0.15) is 0 Å². The number of benzene rings is 3. The Morgan fingerprint density at radius 1 is 0.829 bits per heavy atom. The monoisotopic (exact) mass is 614 g/mol. The smallest absolute Gasteiger partial charge is 0.330 e. The van der Waals surface area contributed by atoms with E-state index in [4.69, 9.17) is 4.74 Å². The molecule has 1 N–H and O–H groups in total. The van der Waals surface area contributed by atoms with Crippen molar-refractivity contribution in [3.8, 4) is 0 Å². The molecule has 7 rings (SSSR count). The third-order valence-corrected chi connectivity index (χ3v) is 9.83. The number of amides is 3. The van der Waals surface area contributed by atoms with E-state index in [1.54, 1.807) is 19.9 Å². The van der Waals surface area contributed by atoms with Crippen LogP contribution < -0.4 is 5.32 Å². The summed E-state index contributed by atoms with van der Waals surface area (Å²) >= 11 is 3.48. The Morgan fingerprint density at radius 3 is 1.78 bits per heavy atom. The summed E-state index contributed by atoms with van der Waals surface area (Å²) in [6.45, 7) is 6.86. The van der Waals surface area contributed by atoms with Gasteiger partial charge in [-0.25, -0.2) is 4.79 Å². The molecule has 0 spiro atoms. The minimum absolute atomic E-state index is 0.258. The Morgan fingerprint density at radius 2 is 1.32 bits per heavy atom. The minimum atomic E-state index is -1.13. The summed E-state index contributed by atoms with van der Waals surface area (Å²) in [5.41, 5.74) is 6.78. The molecule has 1 fully saturated rings. The third-order valence-electron chi connectivity index (χ3n) is 8.97. The molecule has 0 radical (unpaired) electrons. The lowest BCUT2D eigenvalue weighted by atomic mass is 9.55. The summed E-state index contributed by atoms with van der Waals surface area (Å²) in [5, 5.41) is 2.79. The Labute approximate surface area is 247 Å². The van der Waals surface area contributed by atoms with Gasteiger partial charge in [-0.3, -0.25) is 19.3 Å². The zero-order valence-corrected chi connectivity index (χ0v) is 24.9. The molecule has 3 amide bonds. The number of anilines is 1. The molecule has 1 saturated heterocycles. The van der Waals surface area contributed by atoms with E-state index in [9.17, 15) is 19.2 Å². The average Bonchev–Trinajstić information content (AvgIpc) is 3.22. The highest BCUT2D eigenvalue weighted by molar-refractivity contribution is 9.10. The van der Waals surface area contributed by atoms with Crippen LogP contribution in [0.3, 0.4) is 0 Å². The van der Waals surface area contributed by atoms with Crippen molar-refractivity contribution in [3.05, 3.63) is 98.5 Å². The Bertz CT molecular complexity index is 1500. The van der Waals surface area contributed by atoms with Crippen molar-refractivity contribution in [2.45, 2.75) is 45.6 Å². The highest BCUT2D eigenvalue weighted by Crippen LogP contribution is 2.61. The maximum absolute atomic E-state index is 14.1. The number of carbonyl (C=O) groups is 4. The molecule has 3 aromatic carbocycles. The summed E-state index contributed by atoms with van der Waals surface area (Å²) in [6, 6.07) is 18.5. The van der Waals surface area contributed by atoms with E-state index < -0.39 is 42.3 Å². The number of hydrogen-bond donors (Lipinski definition) is 1. The molecule has 41 heavy (non-hydrogen) atoms. The molecular formula is C33H31BrN2O5. The van der Waals surface area contributed by atoms with Gasteiger partial charge >= 0.3 is 5.97 Å². The molecule has 0 unspecified atom stereocenters. The van der Waals surface area contributed by atoms with Gasteiger partial charge in [0, 0.05) is 22.0 Å². The van der Waals surface area contributed by atoms with Gasteiger partial charge in [0.15, 0.2) is 6.61 Å². The maximum atomic E-state index is 14.1. The van der Waals surface area contributed by atoms with Crippen LogP contribution in [0.2, 0.25) is 0 Å². The number of likely N-dealkylation sites (tertiary alicyclic amines) is 1. The second-order valence-electron chi connectivity index (χ2n) is 11.5. The number of rotatable bonds is 6. The highest BCUT2D eigenvalue weighted by Gasteiger charge is 2.63. The molecule has 1 aliphatic heterocycles. The SMILES string of the molecule is Cc1c(Br)ccc(NC(=O)COC(=O)[C@H](C(C)C)N2C(=O)[C@@H]3C4c5ccccc5C(c5ccccc54)[C@H]3C2=O)c1C.